The number of benzene rings is 2. The number of halogens is 1. The molecule has 0 aliphatic rings. The third kappa shape index (κ3) is 2.76. The van der Waals surface area contributed by atoms with Gasteiger partial charge in [-0.15, -0.1) is 0 Å². The number of nitrogen functional groups attached to an aromatic ring is 1. The van der Waals surface area contributed by atoms with Gasteiger partial charge in [-0.05, 0) is 24.3 Å². The molecule has 0 radical (unpaired) electrons. The molecule has 3 aromatic rings. The molecule has 0 amide bonds. The maximum atomic E-state index is 5.90. The first-order valence-corrected chi connectivity index (χ1v) is 7.17. The van der Waals surface area contributed by atoms with Crippen LogP contribution < -0.4 is 10.5 Å². The Morgan fingerprint density at radius 3 is 2.40 bits per heavy atom. The molecular formula is C15H11ClN2OS. The molecule has 20 heavy (non-hydrogen) atoms. The lowest BCUT2D eigenvalue weighted by Crippen LogP contribution is -1.86. The summed E-state index contributed by atoms with van der Waals surface area (Å²) in [5, 5.41) is 1.83. The van der Waals surface area contributed by atoms with Gasteiger partial charge in [0.2, 0.25) is 5.06 Å². The van der Waals surface area contributed by atoms with Gasteiger partial charge in [-0.3, -0.25) is 0 Å². The van der Waals surface area contributed by atoms with Crippen LogP contribution in [0.4, 0.5) is 5.13 Å². The van der Waals surface area contributed by atoms with Crippen molar-refractivity contribution in [2.75, 3.05) is 5.73 Å². The molecule has 3 rings (SSSR count). The largest absolute Gasteiger partial charge is 0.444 e. The molecule has 0 spiro atoms. The van der Waals surface area contributed by atoms with Gasteiger partial charge < -0.3 is 10.5 Å². The zero-order valence-corrected chi connectivity index (χ0v) is 12.0. The molecule has 0 atom stereocenters. The molecular weight excluding hydrogens is 292 g/mol. The summed E-state index contributed by atoms with van der Waals surface area (Å²) in [6, 6.07) is 17.0. The third-order valence-corrected chi connectivity index (χ3v) is 3.70. The molecule has 0 bridgehead atoms. The van der Waals surface area contributed by atoms with Crippen LogP contribution in [0.15, 0.2) is 54.6 Å². The molecule has 2 aromatic carbocycles. The van der Waals surface area contributed by atoms with Crippen LogP contribution in [-0.2, 0) is 0 Å². The second-order valence-electron chi connectivity index (χ2n) is 4.11. The number of para-hydroxylation sites is 1. The molecule has 0 aliphatic heterocycles. The van der Waals surface area contributed by atoms with E-state index in [1.807, 2.05) is 54.6 Å². The van der Waals surface area contributed by atoms with E-state index in [4.69, 9.17) is 22.1 Å². The Kier molecular flexibility index (Phi) is 3.58. The standard InChI is InChI=1S/C15H11ClN2OS/c16-11-8-6-10(7-9-11)13-14(20-15(17)18-13)19-12-4-2-1-3-5-12/h1-9H,(H2,17,18). The van der Waals surface area contributed by atoms with Gasteiger partial charge >= 0.3 is 0 Å². The minimum Gasteiger partial charge on any atom is -0.444 e. The maximum Gasteiger partial charge on any atom is 0.210 e. The van der Waals surface area contributed by atoms with E-state index in [0.717, 1.165) is 17.0 Å². The lowest BCUT2D eigenvalue weighted by molar-refractivity contribution is 0.497. The molecule has 2 N–H and O–H groups in total. The van der Waals surface area contributed by atoms with Crippen molar-refractivity contribution in [2.24, 2.45) is 0 Å². The van der Waals surface area contributed by atoms with Crippen LogP contribution in [0.3, 0.4) is 0 Å². The van der Waals surface area contributed by atoms with E-state index < -0.39 is 0 Å². The molecule has 1 aromatic heterocycles. The van der Waals surface area contributed by atoms with Gasteiger partial charge in [0.15, 0.2) is 5.13 Å². The Morgan fingerprint density at radius 1 is 1.00 bits per heavy atom. The number of nitrogens with two attached hydrogens (primary N) is 1. The number of thiazole rings is 1. The number of rotatable bonds is 3. The second-order valence-corrected chi connectivity index (χ2v) is 5.54. The highest BCUT2D eigenvalue weighted by atomic mass is 35.5. The minimum absolute atomic E-state index is 0.473. The average molecular weight is 303 g/mol. The summed E-state index contributed by atoms with van der Waals surface area (Å²) in [6.45, 7) is 0. The quantitative estimate of drug-likeness (QED) is 0.753. The molecule has 3 nitrogen and oxygen atoms in total. The second kappa shape index (κ2) is 5.53. The maximum absolute atomic E-state index is 5.90. The van der Waals surface area contributed by atoms with E-state index >= 15 is 0 Å². The highest BCUT2D eigenvalue weighted by molar-refractivity contribution is 7.17. The van der Waals surface area contributed by atoms with Gasteiger partial charge in [0.05, 0.1) is 0 Å². The van der Waals surface area contributed by atoms with Gasteiger partial charge in [-0.2, -0.15) is 0 Å². The Morgan fingerprint density at radius 2 is 1.70 bits per heavy atom. The normalized spacial score (nSPS) is 10.4. The highest BCUT2D eigenvalue weighted by Gasteiger charge is 2.14. The highest BCUT2D eigenvalue weighted by Crippen LogP contribution is 2.39. The zero-order valence-electron chi connectivity index (χ0n) is 10.4. The van der Waals surface area contributed by atoms with Gasteiger partial charge in [-0.25, -0.2) is 4.98 Å². The Balaban J connectivity index is 1.98. The first-order chi connectivity index (χ1) is 9.72. The van der Waals surface area contributed by atoms with E-state index in [9.17, 15) is 0 Å². The van der Waals surface area contributed by atoms with Crippen LogP contribution in [0, 0.1) is 0 Å². The van der Waals surface area contributed by atoms with Gasteiger partial charge in [0, 0.05) is 10.6 Å². The van der Waals surface area contributed by atoms with Crippen molar-refractivity contribution >= 4 is 28.1 Å². The zero-order chi connectivity index (χ0) is 13.9. The van der Waals surface area contributed by atoms with E-state index in [1.165, 1.54) is 11.3 Å². The SMILES string of the molecule is Nc1nc(-c2ccc(Cl)cc2)c(Oc2ccccc2)s1. The van der Waals surface area contributed by atoms with Gasteiger partial charge in [0.25, 0.3) is 0 Å². The molecule has 0 unspecified atom stereocenters. The van der Waals surface area contributed by atoms with Crippen LogP contribution in [0.25, 0.3) is 11.3 Å². The van der Waals surface area contributed by atoms with Crippen molar-refractivity contribution in [3.63, 3.8) is 0 Å². The monoisotopic (exact) mass is 302 g/mol. The topological polar surface area (TPSA) is 48.1 Å². The molecule has 100 valence electrons. The smallest absolute Gasteiger partial charge is 0.210 e. The third-order valence-electron chi connectivity index (χ3n) is 2.68. The van der Waals surface area contributed by atoms with Crippen LogP contribution in [0.5, 0.6) is 10.8 Å². The predicted molar refractivity (Wildman–Crippen MR) is 83.5 cm³/mol. The number of hydrogen-bond donors (Lipinski definition) is 1. The van der Waals surface area contributed by atoms with Crippen molar-refractivity contribution in [2.45, 2.75) is 0 Å². The number of anilines is 1. The minimum atomic E-state index is 0.473. The van der Waals surface area contributed by atoms with Crippen LogP contribution >= 0.6 is 22.9 Å². The molecule has 0 aliphatic carbocycles. The Bertz CT molecular complexity index is 710. The summed E-state index contributed by atoms with van der Waals surface area (Å²) < 4.78 is 5.86. The molecule has 0 saturated heterocycles. The fourth-order valence-corrected chi connectivity index (χ4v) is 2.63. The van der Waals surface area contributed by atoms with E-state index in [-0.39, 0.29) is 0 Å². The summed E-state index contributed by atoms with van der Waals surface area (Å²) in [5.41, 5.74) is 7.46. The van der Waals surface area contributed by atoms with Crippen molar-refractivity contribution < 1.29 is 4.74 Å². The average Bonchev–Trinajstić information content (AvgIpc) is 2.81. The van der Waals surface area contributed by atoms with Crippen LogP contribution in [0.1, 0.15) is 0 Å². The molecule has 5 heteroatoms. The molecule has 0 fully saturated rings. The fourth-order valence-electron chi connectivity index (χ4n) is 1.78. The first-order valence-electron chi connectivity index (χ1n) is 5.97. The molecule has 1 heterocycles. The van der Waals surface area contributed by atoms with Crippen molar-refractivity contribution in [1.29, 1.82) is 0 Å². The number of aromatic nitrogens is 1. The summed E-state index contributed by atoms with van der Waals surface area (Å²) in [5.74, 6) is 0.756. The summed E-state index contributed by atoms with van der Waals surface area (Å²) >= 11 is 7.22. The van der Waals surface area contributed by atoms with Gasteiger partial charge in [-0.1, -0.05) is 53.3 Å². The first kappa shape index (κ1) is 13.0. The summed E-state index contributed by atoms with van der Waals surface area (Å²) in [7, 11) is 0. The van der Waals surface area contributed by atoms with Crippen LogP contribution in [-0.4, -0.2) is 4.98 Å². The number of ether oxygens (including phenoxy) is 1. The Hall–Kier alpha value is -2.04. The summed E-state index contributed by atoms with van der Waals surface area (Å²) in [6.07, 6.45) is 0. The predicted octanol–water partition coefficient (Wildman–Crippen LogP) is 4.84. The molecule has 0 saturated carbocycles. The Labute approximate surface area is 125 Å². The lowest BCUT2D eigenvalue weighted by atomic mass is 10.2. The van der Waals surface area contributed by atoms with E-state index in [1.54, 1.807) is 0 Å². The van der Waals surface area contributed by atoms with Crippen molar-refractivity contribution in [1.82, 2.24) is 4.98 Å². The van der Waals surface area contributed by atoms with Crippen LogP contribution in [0.2, 0.25) is 5.02 Å². The fraction of sp³-hybridized carbons (Fsp3) is 0. The van der Waals surface area contributed by atoms with E-state index in [0.29, 0.717) is 15.2 Å². The lowest BCUT2D eigenvalue weighted by Gasteiger charge is -2.05. The summed E-state index contributed by atoms with van der Waals surface area (Å²) in [4.78, 5) is 4.33. The number of nitrogens with zero attached hydrogens (tertiary/aromatic N) is 1. The van der Waals surface area contributed by atoms with Crippen molar-refractivity contribution in [3.8, 4) is 22.1 Å². The van der Waals surface area contributed by atoms with Gasteiger partial charge in [0.1, 0.15) is 11.4 Å². The number of hydrogen-bond acceptors (Lipinski definition) is 4. The van der Waals surface area contributed by atoms with Crippen molar-refractivity contribution in [3.05, 3.63) is 59.6 Å². The van der Waals surface area contributed by atoms with E-state index in [2.05, 4.69) is 4.98 Å².